The van der Waals surface area contributed by atoms with Crippen molar-refractivity contribution < 1.29 is 0 Å². The molecule has 4 aromatic carbocycles. The highest BCUT2D eigenvalue weighted by molar-refractivity contribution is 7.26. The van der Waals surface area contributed by atoms with E-state index in [1.54, 1.807) is 0 Å². The van der Waals surface area contributed by atoms with Crippen LogP contribution in [0.2, 0.25) is 0 Å². The highest BCUT2D eigenvalue weighted by Crippen LogP contribution is 2.39. The van der Waals surface area contributed by atoms with Gasteiger partial charge in [0.05, 0.1) is 11.2 Å². The third-order valence-electron chi connectivity index (χ3n) is 6.85. The molecule has 0 spiro atoms. The molecule has 0 amide bonds. The molecule has 0 bridgehead atoms. The van der Waals surface area contributed by atoms with Gasteiger partial charge >= 0.3 is 0 Å². The van der Waals surface area contributed by atoms with Crippen molar-refractivity contribution in [3.05, 3.63) is 121 Å². The molecule has 7 rings (SSSR count). The number of hydrogen-bond acceptors (Lipinski definition) is 3. The number of fused-ring (bicyclic) bond motifs is 4. The molecular weight excluding hydrogens is 456 g/mol. The van der Waals surface area contributed by atoms with Crippen LogP contribution in [0.25, 0.3) is 64.6 Å². The lowest BCUT2D eigenvalue weighted by Gasteiger charge is -2.08. The maximum Gasteiger partial charge on any atom is 0.0716 e. The number of hydrogen-bond donors (Lipinski definition) is 0. The predicted molar refractivity (Wildman–Crippen MR) is 153 cm³/mol. The van der Waals surface area contributed by atoms with Crippen molar-refractivity contribution in [2.75, 3.05) is 0 Å². The van der Waals surface area contributed by atoms with E-state index in [4.69, 9.17) is 9.97 Å². The summed E-state index contributed by atoms with van der Waals surface area (Å²) in [5.74, 6) is 0. The van der Waals surface area contributed by atoms with Gasteiger partial charge in [-0.1, -0.05) is 84.4 Å². The van der Waals surface area contributed by atoms with Gasteiger partial charge in [0, 0.05) is 54.6 Å². The number of aryl methyl sites for hydroxylation is 1. The number of benzene rings is 4. The van der Waals surface area contributed by atoms with Gasteiger partial charge in [0.25, 0.3) is 0 Å². The molecule has 2 nitrogen and oxygen atoms in total. The van der Waals surface area contributed by atoms with E-state index in [1.807, 2.05) is 23.7 Å². The first kappa shape index (κ1) is 21.0. The molecule has 0 aliphatic rings. The minimum atomic E-state index is 0.993. The molecule has 3 aromatic heterocycles. The summed E-state index contributed by atoms with van der Waals surface area (Å²) in [6.07, 6.45) is 3.91. The van der Waals surface area contributed by atoms with Crippen LogP contribution in [0.5, 0.6) is 0 Å². The van der Waals surface area contributed by atoms with Crippen LogP contribution in [0.3, 0.4) is 0 Å². The zero-order valence-corrected chi connectivity index (χ0v) is 20.6. The summed E-state index contributed by atoms with van der Waals surface area (Å²) >= 11 is 1.84. The number of aromatic nitrogens is 2. The fraction of sp³-hybridized carbons (Fsp3) is 0.0303. The average molecular weight is 479 g/mol. The molecule has 36 heavy (non-hydrogen) atoms. The zero-order valence-electron chi connectivity index (χ0n) is 19.8. The smallest absolute Gasteiger partial charge is 0.0716 e. The Balaban J connectivity index is 1.23. The summed E-state index contributed by atoms with van der Waals surface area (Å²) in [4.78, 5) is 9.65. The molecule has 0 N–H and O–H groups in total. The molecule has 7 aromatic rings. The molecule has 0 fully saturated rings. The topological polar surface area (TPSA) is 25.8 Å². The molecule has 0 aliphatic heterocycles. The minimum absolute atomic E-state index is 0.993. The molecule has 3 heterocycles. The zero-order chi connectivity index (χ0) is 24.1. The third kappa shape index (κ3) is 3.57. The van der Waals surface area contributed by atoms with Gasteiger partial charge in [-0.15, -0.1) is 11.3 Å². The van der Waals surface area contributed by atoms with Crippen LogP contribution in [0.1, 0.15) is 5.56 Å². The fourth-order valence-corrected chi connectivity index (χ4v) is 6.10. The van der Waals surface area contributed by atoms with Crippen LogP contribution in [-0.4, -0.2) is 9.97 Å². The quantitative estimate of drug-likeness (QED) is 0.253. The van der Waals surface area contributed by atoms with Crippen LogP contribution in [0, 0.1) is 6.92 Å². The third-order valence-corrected chi connectivity index (χ3v) is 8.07. The summed E-state index contributed by atoms with van der Waals surface area (Å²) in [5.41, 5.74) is 8.98. The number of rotatable bonds is 3. The van der Waals surface area contributed by atoms with E-state index < -0.39 is 0 Å². The van der Waals surface area contributed by atoms with Crippen LogP contribution >= 0.6 is 11.3 Å². The van der Waals surface area contributed by atoms with E-state index in [1.165, 1.54) is 42.4 Å². The molecule has 0 atom stereocenters. The largest absolute Gasteiger partial charge is 0.256 e. The molecule has 170 valence electrons. The van der Waals surface area contributed by atoms with Crippen molar-refractivity contribution in [2.24, 2.45) is 0 Å². The Morgan fingerprint density at radius 1 is 0.583 bits per heavy atom. The maximum atomic E-state index is 4.87. The van der Waals surface area contributed by atoms with E-state index in [2.05, 4.69) is 110 Å². The SMILES string of the molecule is Cc1ccc(-c2ccc3cc(-c4ccc(-c5cccc6c5sc5ccccc56)nc4)cnc3c2)cc1. The van der Waals surface area contributed by atoms with E-state index in [9.17, 15) is 0 Å². The van der Waals surface area contributed by atoms with E-state index >= 15 is 0 Å². The van der Waals surface area contributed by atoms with Crippen LogP contribution in [0.15, 0.2) is 116 Å². The van der Waals surface area contributed by atoms with Crippen molar-refractivity contribution in [1.29, 1.82) is 0 Å². The van der Waals surface area contributed by atoms with E-state index in [-0.39, 0.29) is 0 Å². The molecule has 0 radical (unpaired) electrons. The van der Waals surface area contributed by atoms with Crippen LogP contribution in [0.4, 0.5) is 0 Å². The van der Waals surface area contributed by atoms with Crippen molar-refractivity contribution >= 4 is 42.4 Å². The Bertz CT molecular complexity index is 1880. The van der Waals surface area contributed by atoms with Crippen molar-refractivity contribution in [3.8, 4) is 33.5 Å². The van der Waals surface area contributed by atoms with Crippen LogP contribution < -0.4 is 0 Å². The number of nitrogens with zero attached hydrogens (tertiary/aromatic N) is 2. The second-order valence-corrected chi connectivity index (χ2v) is 10.3. The molecular formula is C33H22N2S. The highest BCUT2D eigenvalue weighted by Gasteiger charge is 2.11. The second kappa shape index (κ2) is 8.40. The van der Waals surface area contributed by atoms with E-state index in [0.717, 1.165) is 27.7 Å². The molecule has 0 saturated carbocycles. The monoisotopic (exact) mass is 478 g/mol. The summed E-state index contributed by atoms with van der Waals surface area (Å²) in [7, 11) is 0. The lowest BCUT2D eigenvalue weighted by Crippen LogP contribution is -1.88. The van der Waals surface area contributed by atoms with Gasteiger partial charge < -0.3 is 0 Å². The Labute approximate surface area is 213 Å². The summed E-state index contributed by atoms with van der Waals surface area (Å²) in [5, 5.41) is 3.73. The van der Waals surface area contributed by atoms with E-state index in [0.29, 0.717) is 0 Å². The normalized spacial score (nSPS) is 11.5. The molecule has 3 heteroatoms. The Kier molecular flexibility index (Phi) is 4.90. The highest BCUT2D eigenvalue weighted by atomic mass is 32.1. The first-order chi connectivity index (χ1) is 17.7. The molecule has 0 saturated heterocycles. The van der Waals surface area contributed by atoms with Crippen LogP contribution in [-0.2, 0) is 0 Å². The minimum Gasteiger partial charge on any atom is -0.256 e. The standard InChI is InChI=1S/C33H22N2S/c1-21-9-11-22(12-10-21)23-13-14-24-17-26(20-35-31(24)18-23)25-15-16-30(34-19-25)29-7-4-6-28-27-5-2-3-8-32(27)36-33(28)29/h2-20H,1H3. The first-order valence-corrected chi connectivity index (χ1v) is 12.9. The second-order valence-electron chi connectivity index (χ2n) is 9.21. The Morgan fingerprint density at radius 3 is 2.22 bits per heavy atom. The fourth-order valence-electron chi connectivity index (χ4n) is 4.88. The Morgan fingerprint density at radius 2 is 1.36 bits per heavy atom. The van der Waals surface area contributed by atoms with Gasteiger partial charge in [-0.25, -0.2) is 0 Å². The predicted octanol–water partition coefficient (Wildman–Crippen LogP) is 9.31. The maximum absolute atomic E-state index is 4.87. The summed E-state index contributed by atoms with van der Waals surface area (Å²) in [6, 6.07) is 36.7. The van der Waals surface area contributed by atoms with Gasteiger partial charge in [-0.05, 0) is 42.3 Å². The molecule has 0 aliphatic carbocycles. The lowest BCUT2D eigenvalue weighted by atomic mass is 10.0. The van der Waals surface area contributed by atoms with Crippen molar-refractivity contribution in [3.63, 3.8) is 0 Å². The Hall–Kier alpha value is -4.34. The lowest BCUT2D eigenvalue weighted by molar-refractivity contribution is 1.32. The van der Waals surface area contributed by atoms with Gasteiger partial charge in [-0.2, -0.15) is 0 Å². The van der Waals surface area contributed by atoms with Gasteiger partial charge in [0.1, 0.15) is 0 Å². The summed E-state index contributed by atoms with van der Waals surface area (Å²) < 4.78 is 2.60. The van der Waals surface area contributed by atoms with Crippen molar-refractivity contribution in [2.45, 2.75) is 6.92 Å². The van der Waals surface area contributed by atoms with Gasteiger partial charge in [-0.3, -0.25) is 9.97 Å². The van der Waals surface area contributed by atoms with Crippen molar-refractivity contribution in [1.82, 2.24) is 9.97 Å². The number of thiophene rings is 1. The average Bonchev–Trinajstić information content (AvgIpc) is 3.32. The first-order valence-electron chi connectivity index (χ1n) is 12.1. The molecule has 0 unspecified atom stereocenters. The van der Waals surface area contributed by atoms with Gasteiger partial charge in [0.2, 0.25) is 0 Å². The number of pyridine rings is 2. The van der Waals surface area contributed by atoms with Gasteiger partial charge in [0.15, 0.2) is 0 Å². The summed E-state index contributed by atoms with van der Waals surface area (Å²) in [6.45, 7) is 2.11.